The molecular weight excluding hydrogens is 290 g/mol. The van der Waals surface area contributed by atoms with E-state index in [0.29, 0.717) is 25.6 Å². The average Bonchev–Trinajstić information content (AvgIpc) is 2.55. The Bertz CT molecular complexity index is 534. The number of carbonyl (C=O) groups excluding carboxylic acids is 2. The fraction of sp³-hybridized carbons (Fsp3) is 0.556. The molecule has 1 atom stereocenters. The van der Waals surface area contributed by atoms with E-state index < -0.39 is 0 Å². The van der Waals surface area contributed by atoms with Gasteiger partial charge in [0.2, 0.25) is 11.8 Å². The lowest BCUT2D eigenvalue weighted by atomic mass is 9.99. The average molecular weight is 317 g/mol. The van der Waals surface area contributed by atoms with E-state index in [1.165, 1.54) is 5.56 Å². The summed E-state index contributed by atoms with van der Waals surface area (Å²) >= 11 is 0. The van der Waals surface area contributed by atoms with Gasteiger partial charge in [-0.1, -0.05) is 26.0 Å². The molecule has 1 aliphatic rings. The van der Waals surface area contributed by atoms with Gasteiger partial charge in [-0.15, -0.1) is 0 Å². The van der Waals surface area contributed by atoms with Crippen LogP contribution in [0.4, 0.5) is 5.69 Å². The molecule has 0 radical (unpaired) electrons. The summed E-state index contributed by atoms with van der Waals surface area (Å²) in [6, 6.07) is 8.09. The number of amides is 2. The highest BCUT2D eigenvalue weighted by molar-refractivity contribution is 5.92. The van der Waals surface area contributed by atoms with Crippen LogP contribution in [0.1, 0.15) is 38.7 Å². The third-order valence-corrected chi connectivity index (χ3v) is 4.56. The van der Waals surface area contributed by atoms with Crippen LogP contribution in [0.3, 0.4) is 0 Å². The molecule has 1 aromatic rings. The number of rotatable bonds is 5. The van der Waals surface area contributed by atoms with E-state index >= 15 is 0 Å². The van der Waals surface area contributed by atoms with Crippen LogP contribution in [-0.2, 0) is 9.59 Å². The summed E-state index contributed by atoms with van der Waals surface area (Å²) in [6.07, 6.45) is 1.11. The molecule has 5 heteroatoms. The van der Waals surface area contributed by atoms with Crippen molar-refractivity contribution in [3.05, 3.63) is 29.8 Å². The van der Waals surface area contributed by atoms with Crippen LogP contribution in [0.5, 0.6) is 0 Å². The Kier molecular flexibility index (Phi) is 6.16. The number of nitrogens with zero attached hydrogens (tertiary/aromatic N) is 2. The van der Waals surface area contributed by atoms with Gasteiger partial charge in [0.05, 0.1) is 6.54 Å². The third-order valence-electron chi connectivity index (χ3n) is 4.56. The number of benzene rings is 1. The van der Waals surface area contributed by atoms with E-state index in [2.05, 4.69) is 36.2 Å². The van der Waals surface area contributed by atoms with Gasteiger partial charge < -0.3 is 10.2 Å². The lowest BCUT2D eigenvalue weighted by Crippen LogP contribution is -2.49. The van der Waals surface area contributed by atoms with Crippen molar-refractivity contribution in [2.45, 2.75) is 33.1 Å². The highest BCUT2D eigenvalue weighted by atomic mass is 16.2. The zero-order chi connectivity index (χ0) is 16.8. The van der Waals surface area contributed by atoms with Crippen LogP contribution in [-0.4, -0.2) is 54.3 Å². The van der Waals surface area contributed by atoms with Crippen molar-refractivity contribution >= 4 is 17.5 Å². The molecule has 0 spiro atoms. The number of anilines is 1. The highest BCUT2D eigenvalue weighted by Crippen LogP contribution is 2.20. The SMILES string of the molecule is CC[C@H](C)c1ccc(NC(=O)CN2CCN(C(C)=O)CC2)cc1. The molecule has 1 fully saturated rings. The van der Waals surface area contributed by atoms with E-state index in [0.717, 1.165) is 25.2 Å². The van der Waals surface area contributed by atoms with Crippen molar-refractivity contribution in [2.75, 3.05) is 38.0 Å². The fourth-order valence-corrected chi connectivity index (χ4v) is 2.76. The zero-order valence-electron chi connectivity index (χ0n) is 14.3. The van der Waals surface area contributed by atoms with Gasteiger partial charge in [0.25, 0.3) is 0 Å². The maximum atomic E-state index is 12.1. The van der Waals surface area contributed by atoms with E-state index in [9.17, 15) is 9.59 Å². The van der Waals surface area contributed by atoms with Gasteiger partial charge in [0, 0.05) is 38.8 Å². The molecule has 0 unspecified atom stereocenters. The minimum atomic E-state index is -0.00225. The maximum Gasteiger partial charge on any atom is 0.238 e. The Morgan fingerprint density at radius 3 is 2.26 bits per heavy atom. The van der Waals surface area contributed by atoms with Crippen molar-refractivity contribution in [3.63, 3.8) is 0 Å². The first-order valence-corrected chi connectivity index (χ1v) is 8.37. The molecule has 1 heterocycles. The lowest BCUT2D eigenvalue weighted by molar-refractivity contribution is -0.130. The van der Waals surface area contributed by atoms with Gasteiger partial charge in [0.15, 0.2) is 0 Å². The van der Waals surface area contributed by atoms with Crippen molar-refractivity contribution in [2.24, 2.45) is 0 Å². The van der Waals surface area contributed by atoms with E-state index in [-0.39, 0.29) is 11.8 Å². The first-order chi connectivity index (χ1) is 11.0. The number of hydrogen-bond acceptors (Lipinski definition) is 3. The van der Waals surface area contributed by atoms with Crippen LogP contribution in [0.15, 0.2) is 24.3 Å². The van der Waals surface area contributed by atoms with Crippen molar-refractivity contribution in [1.29, 1.82) is 0 Å². The summed E-state index contributed by atoms with van der Waals surface area (Å²) < 4.78 is 0. The van der Waals surface area contributed by atoms with Crippen LogP contribution in [0.25, 0.3) is 0 Å². The Morgan fingerprint density at radius 1 is 1.13 bits per heavy atom. The van der Waals surface area contributed by atoms with Crippen LogP contribution in [0.2, 0.25) is 0 Å². The van der Waals surface area contributed by atoms with Gasteiger partial charge in [-0.05, 0) is 30.0 Å². The molecule has 126 valence electrons. The van der Waals surface area contributed by atoms with Gasteiger partial charge >= 0.3 is 0 Å². The number of nitrogens with one attached hydrogen (secondary N) is 1. The first-order valence-electron chi connectivity index (χ1n) is 8.37. The van der Waals surface area contributed by atoms with Gasteiger partial charge in [-0.3, -0.25) is 14.5 Å². The molecule has 5 nitrogen and oxygen atoms in total. The number of hydrogen-bond donors (Lipinski definition) is 1. The Morgan fingerprint density at radius 2 is 1.74 bits per heavy atom. The molecule has 1 aliphatic heterocycles. The maximum absolute atomic E-state index is 12.1. The largest absolute Gasteiger partial charge is 0.340 e. The lowest BCUT2D eigenvalue weighted by Gasteiger charge is -2.33. The van der Waals surface area contributed by atoms with Gasteiger partial charge in [-0.2, -0.15) is 0 Å². The quantitative estimate of drug-likeness (QED) is 0.906. The third kappa shape index (κ3) is 5.06. The van der Waals surface area contributed by atoms with E-state index in [4.69, 9.17) is 0 Å². The molecule has 1 N–H and O–H groups in total. The van der Waals surface area contributed by atoms with Crippen molar-refractivity contribution in [1.82, 2.24) is 9.80 Å². The monoisotopic (exact) mass is 317 g/mol. The van der Waals surface area contributed by atoms with Crippen molar-refractivity contribution < 1.29 is 9.59 Å². The molecule has 1 aromatic carbocycles. The molecule has 23 heavy (non-hydrogen) atoms. The standard InChI is InChI=1S/C18H27N3O2/c1-4-14(2)16-5-7-17(8-6-16)19-18(23)13-20-9-11-21(12-10-20)15(3)22/h5-8,14H,4,9-13H2,1-3H3,(H,19,23)/t14-/m0/s1. The topological polar surface area (TPSA) is 52.7 Å². The summed E-state index contributed by atoms with van der Waals surface area (Å²) in [7, 11) is 0. The van der Waals surface area contributed by atoms with Crippen LogP contribution < -0.4 is 5.32 Å². The molecule has 0 aliphatic carbocycles. The molecular formula is C18H27N3O2. The predicted molar refractivity (Wildman–Crippen MR) is 92.5 cm³/mol. The molecule has 2 rings (SSSR count). The second-order valence-electron chi connectivity index (χ2n) is 6.26. The highest BCUT2D eigenvalue weighted by Gasteiger charge is 2.20. The van der Waals surface area contributed by atoms with E-state index in [1.807, 2.05) is 17.0 Å². The number of piperazine rings is 1. The normalized spacial score (nSPS) is 16.9. The Balaban J connectivity index is 1.80. The fourth-order valence-electron chi connectivity index (χ4n) is 2.76. The minimum absolute atomic E-state index is 0.00225. The van der Waals surface area contributed by atoms with Crippen molar-refractivity contribution in [3.8, 4) is 0 Å². The molecule has 0 aromatic heterocycles. The van der Waals surface area contributed by atoms with Gasteiger partial charge in [0.1, 0.15) is 0 Å². The Labute approximate surface area is 138 Å². The second kappa shape index (κ2) is 8.11. The summed E-state index contributed by atoms with van der Waals surface area (Å²) in [6.45, 7) is 9.24. The van der Waals surface area contributed by atoms with Gasteiger partial charge in [-0.25, -0.2) is 0 Å². The molecule has 1 saturated heterocycles. The Hall–Kier alpha value is -1.88. The predicted octanol–water partition coefficient (Wildman–Crippen LogP) is 2.30. The summed E-state index contributed by atoms with van der Waals surface area (Å²) in [5.74, 6) is 0.644. The summed E-state index contributed by atoms with van der Waals surface area (Å²) in [5.41, 5.74) is 2.13. The molecule has 0 saturated carbocycles. The summed E-state index contributed by atoms with van der Waals surface area (Å²) in [4.78, 5) is 27.3. The van der Waals surface area contributed by atoms with Crippen LogP contribution >= 0.6 is 0 Å². The number of carbonyl (C=O) groups is 2. The minimum Gasteiger partial charge on any atom is -0.340 e. The van der Waals surface area contributed by atoms with Crippen LogP contribution in [0, 0.1) is 0 Å². The smallest absolute Gasteiger partial charge is 0.238 e. The second-order valence-corrected chi connectivity index (χ2v) is 6.26. The molecule has 2 amide bonds. The molecule has 0 bridgehead atoms. The summed E-state index contributed by atoms with van der Waals surface area (Å²) in [5, 5.41) is 2.95. The zero-order valence-corrected chi connectivity index (χ0v) is 14.3. The van der Waals surface area contributed by atoms with E-state index in [1.54, 1.807) is 6.92 Å². The first kappa shape index (κ1) is 17.5.